The van der Waals surface area contributed by atoms with Crippen molar-refractivity contribution in [2.45, 2.75) is 19.6 Å². The molecule has 0 saturated carbocycles. The van der Waals surface area contributed by atoms with Crippen LogP contribution in [0.2, 0.25) is 0 Å². The lowest BCUT2D eigenvalue weighted by molar-refractivity contribution is -0.231. The molecule has 3 nitrogen and oxygen atoms in total. The highest BCUT2D eigenvalue weighted by atomic mass is 19.3. The predicted octanol–water partition coefficient (Wildman–Crippen LogP) is 1.91. The number of alkyl halides is 2. The number of nitrogens with two attached hydrogens (primary N) is 1. The summed E-state index contributed by atoms with van der Waals surface area (Å²) < 4.78 is 29.0. The number of rotatable bonds is 4. The molecule has 82 valence electrons. The summed E-state index contributed by atoms with van der Waals surface area (Å²) in [7, 11) is 0. The minimum atomic E-state index is -3.18. The number of amides is 1. The fourth-order valence-electron chi connectivity index (χ4n) is 1.02. The van der Waals surface area contributed by atoms with E-state index in [1.165, 1.54) is 12.1 Å². The summed E-state index contributed by atoms with van der Waals surface area (Å²) in [5.74, 6) is -0.597. The van der Waals surface area contributed by atoms with E-state index in [1.807, 2.05) is 0 Å². The first kappa shape index (κ1) is 11.6. The monoisotopic (exact) mass is 215 g/mol. The molecule has 0 aliphatic rings. The third-order valence-electron chi connectivity index (χ3n) is 1.70. The average Bonchev–Trinajstić information content (AvgIpc) is 2.14. The van der Waals surface area contributed by atoms with Gasteiger partial charge in [-0.3, -0.25) is 4.79 Å². The van der Waals surface area contributed by atoms with Gasteiger partial charge in [-0.1, -0.05) is 12.1 Å². The summed E-state index contributed by atoms with van der Waals surface area (Å²) in [4.78, 5) is 10.8. The van der Waals surface area contributed by atoms with E-state index in [2.05, 4.69) is 4.74 Å². The molecule has 0 aromatic heterocycles. The Bertz CT molecular complexity index is 361. The third kappa shape index (κ3) is 4.03. The smallest absolute Gasteiger partial charge is 0.353 e. The minimum Gasteiger partial charge on any atom is -0.366 e. The van der Waals surface area contributed by atoms with Gasteiger partial charge in [0.1, 0.15) is 0 Å². The van der Waals surface area contributed by atoms with E-state index in [-0.39, 0.29) is 12.2 Å². The van der Waals surface area contributed by atoms with Gasteiger partial charge in [0, 0.05) is 12.5 Å². The second-order valence-corrected chi connectivity index (χ2v) is 3.16. The first-order valence-corrected chi connectivity index (χ1v) is 4.29. The fourth-order valence-corrected chi connectivity index (χ4v) is 1.02. The molecule has 5 heteroatoms. The van der Waals surface area contributed by atoms with Gasteiger partial charge in [-0.2, -0.15) is 8.78 Å². The van der Waals surface area contributed by atoms with Crippen LogP contribution < -0.4 is 5.73 Å². The summed E-state index contributed by atoms with van der Waals surface area (Å²) in [5, 5.41) is 0. The van der Waals surface area contributed by atoms with Gasteiger partial charge in [-0.05, 0) is 17.7 Å². The molecule has 2 N–H and O–H groups in total. The highest BCUT2D eigenvalue weighted by Crippen LogP contribution is 2.16. The van der Waals surface area contributed by atoms with Gasteiger partial charge in [0.2, 0.25) is 5.91 Å². The molecule has 0 spiro atoms. The van der Waals surface area contributed by atoms with Gasteiger partial charge in [0.25, 0.3) is 0 Å². The van der Waals surface area contributed by atoms with Crippen molar-refractivity contribution in [2.75, 3.05) is 0 Å². The highest BCUT2D eigenvalue weighted by molar-refractivity contribution is 5.92. The maximum atomic E-state index is 12.4. The van der Waals surface area contributed by atoms with Crippen LogP contribution in [-0.2, 0) is 11.3 Å². The number of benzene rings is 1. The van der Waals surface area contributed by atoms with Crippen molar-refractivity contribution in [3.63, 3.8) is 0 Å². The van der Waals surface area contributed by atoms with Crippen LogP contribution in [0.4, 0.5) is 8.78 Å². The number of primary amides is 1. The molecule has 1 aromatic rings. The molecule has 15 heavy (non-hydrogen) atoms. The summed E-state index contributed by atoms with van der Waals surface area (Å²) in [6.07, 6.45) is -3.18. The molecule has 0 unspecified atom stereocenters. The molecule has 0 radical (unpaired) electrons. The molecule has 0 heterocycles. The van der Waals surface area contributed by atoms with E-state index < -0.39 is 12.0 Å². The van der Waals surface area contributed by atoms with Crippen LogP contribution in [0.5, 0.6) is 0 Å². The number of hydrogen-bond acceptors (Lipinski definition) is 2. The molecular weight excluding hydrogens is 204 g/mol. The van der Waals surface area contributed by atoms with Gasteiger partial charge in [0.15, 0.2) is 0 Å². The standard InChI is InChI=1S/C10H11F2NO2/c1-10(11,12)15-6-7-3-2-4-8(5-7)9(13)14/h2-5H,6H2,1H3,(H2,13,14). The summed E-state index contributed by atoms with van der Waals surface area (Å²) >= 11 is 0. The average molecular weight is 215 g/mol. The van der Waals surface area contributed by atoms with Crippen molar-refractivity contribution in [2.24, 2.45) is 5.73 Å². The van der Waals surface area contributed by atoms with Gasteiger partial charge in [-0.25, -0.2) is 0 Å². The van der Waals surface area contributed by atoms with E-state index in [0.29, 0.717) is 12.5 Å². The first-order valence-electron chi connectivity index (χ1n) is 4.29. The third-order valence-corrected chi connectivity index (χ3v) is 1.70. The fraction of sp³-hybridized carbons (Fsp3) is 0.300. The van der Waals surface area contributed by atoms with Crippen molar-refractivity contribution in [3.05, 3.63) is 35.4 Å². The molecule has 1 amide bonds. The van der Waals surface area contributed by atoms with E-state index in [4.69, 9.17) is 5.73 Å². The number of hydrogen-bond donors (Lipinski definition) is 1. The maximum Gasteiger partial charge on any atom is 0.353 e. The van der Waals surface area contributed by atoms with Gasteiger partial charge >= 0.3 is 6.11 Å². The second-order valence-electron chi connectivity index (χ2n) is 3.16. The molecule has 0 saturated heterocycles. The Morgan fingerprint density at radius 2 is 2.20 bits per heavy atom. The van der Waals surface area contributed by atoms with E-state index in [0.717, 1.165) is 0 Å². The normalized spacial score (nSPS) is 11.4. The quantitative estimate of drug-likeness (QED) is 0.834. The summed E-state index contributed by atoms with van der Waals surface area (Å²) in [6, 6.07) is 6.08. The number of ether oxygens (including phenoxy) is 1. The van der Waals surface area contributed by atoms with Gasteiger partial charge in [0.05, 0.1) is 6.61 Å². The number of halogens is 2. The Morgan fingerprint density at radius 1 is 1.53 bits per heavy atom. The van der Waals surface area contributed by atoms with Crippen LogP contribution in [0.25, 0.3) is 0 Å². The van der Waals surface area contributed by atoms with Crippen molar-refractivity contribution in [1.82, 2.24) is 0 Å². The van der Waals surface area contributed by atoms with Crippen molar-refractivity contribution < 1.29 is 18.3 Å². The zero-order valence-corrected chi connectivity index (χ0v) is 8.17. The molecule has 1 rings (SSSR count). The van der Waals surface area contributed by atoms with Crippen LogP contribution in [0.1, 0.15) is 22.8 Å². The Kier molecular flexibility index (Phi) is 3.36. The van der Waals surface area contributed by atoms with Crippen molar-refractivity contribution in [1.29, 1.82) is 0 Å². The van der Waals surface area contributed by atoms with E-state index in [1.54, 1.807) is 12.1 Å². The Morgan fingerprint density at radius 3 is 2.73 bits per heavy atom. The van der Waals surface area contributed by atoms with Gasteiger partial charge < -0.3 is 10.5 Å². The Hall–Kier alpha value is -1.49. The molecule has 0 aliphatic heterocycles. The summed E-state index contributed by atoms with van der Waals surface area (Å²) in [6.45, 7) is 0.398. The predicted molar refractivity (Wildman–Crippen MR) is 50.4 cm³/mol. The Balaban J connectivity index is 2.70. The molecule has 0 bridgehead atoms. The topological polar surface area (TPSA) is 52.3 Å². The zero-order chi connectivity index (χ0) is 11.5. The zero-order valence-electron chi connectivity index (χ0n) is 8.17. The lowest BCUT2D eigenvalue weighted by atomic mass is 10.1. The van der Waals surface area contributed by atoms with E-state index >= 15 is 0 Å². The van der Waals surface area contributed by atoms with Gasteiger partial charge in [-0.15, -0.1) is 0 Å². The number of carbonyl (C=O) groups is 1. The lowest BCUT2D eigenvalue weighted by Crippen LogP contribution is -2.15. The largest absolute Gasteiger partial charge is 0.366 e. The molecular formula is C10H11F2NO2. The Labute approximate surface area is 85.8 Å². The minimum absolute atomic E-state index is 0.259. The van der Waals surface area contributed by atoms with E-state index in [9.17, 15) is 13.6 Å². The summed E-state index contributed by atoms with van der Waals surface area (Å²) in [5.41, 5.74) is 5.79. The van der Waals surface area contributed by atoms with Crippen molar-refractivity contribution >= 4 is 5.91 Å². The van der Waals surface area contributed by atoms with Crippen LogP contribution in [0.3, 0.4) is 0 Å². The van der Waals surface area contributed by atoms with Crippen LogP contribution >= 0.6 is 0 Å². The maximum absolute atomic E-state index is 12.4. The SMILES string of the molecule is CC(F)(F)OCc1cccc(C(N)=O)c1. The second kappa shape index (κ2) is 4.35. The van der Waals surface area contributed by atoms with Crippen LogP contribution in [0.15, 0.2) is 24.3 Å². The number of carbonyl (C=O) groups excluding carboxylic acids is 1. The lowest BCUT2D eigenvalue weighted by Gasteiger charge is -2.11. The first-order chi connectivity index (χ1) is 6.88. The highest BCUT2D eigenvalue weighted by Gasteiger charge is 2.21. The van der Waals surface area contributed by atoms with Crippen LogP contribution in [0, 0.1) is 0 Å². The molecule has 0 atom stereocenters. The molecule has 0 aliphatic carbocycles. The van der Waals surface area contributed by atoms with Crippen molar-refractivity contribution in [3.8, 4) is 0 Å². The molecule has 1 aromatic carbocycles. The molecule has 0 fully saturated rings. The van der Waals surface area contributed by atoms with Crippen LogP contribution in [-0.4, -0.2) is 12.0 Å².